The standard InChI is InChI=1S/C18H16N2O/c1-20(17-8-6-13(12-19)7-9-17)18(21)16-10-14-4-2-3-5-15(14)11-16/h2-9,16H,10-11H2,1H3. The number of fused-ring (bicyclic) bond motifs is 1. The van der Waals surface area contributed by atoms with E-state index in [4.69, 9.17) is 5.26 Å². The minimum atomic E-state index is 0.0167. The zero-order valence-electron chi connectivity index (χ0n) is 11.9. The van der Waals surface area contributed by atoms with Crippen LogP contribution in [0.3, 0.4) is 0 Å². The number of benzene rings is 2. The molecule has 1 amide bonds. The van der Waals surface area contributed by atoms with E-state index >= 15 is 0 Å². The number of hydrogen-bond donors (Lipinski definition) is 0. The fourth-order valence-corrected chi connectivity index (χ4v) is 2.89. The van der Waals surface area contributed by atoms with Crippen molar-refractivity contribution >= 4 is 11.6 Å². The van der Waals surface area contributed by atoms with Crippen LogP contribution >= 0.6 is 0 Å². The van der Waals surface area contributed by atoms with Gasteiger partial charge in [-0.05, 0) is 48.2 Å². The normalized spacial score (nSPS) is 13.5. The van der Waals surface area contributed by atoms with Gasteiger partial charge in [0, 0.05) is 18.7 Å². The maximum Gasteiger partial charge on any atom is 0.230 e. The van der Waals surface area contributed by atoms with Crippen molar-refractivity contribution in [1.29, 1.82) is 5.26 Å². The highest BCUT2D eigenvalue weighted by Gasteiger charge is 2.29. The van der Waals surface area contributed by atoms with E-state index in [-0.39, 0.29) is 11.8 Å². The third-order valence-electron chi connectivity index (χ3n) is 4.11. The number of carbonyl (C=O) groups is 1. The third-order valence-corrected chi connectivity index (χ3v) is 4.11. The van der Waals surface area contributed by atoms with Crippen molar-refractivity contribution in [1.82, 2.24) is 0 Å². The molecule has 0 heterocycles. The second-order valence-electron chi connectivity index (χ2n) is 5.43. The minimum absolute atomic E-state index is 0.0167. The maximum atomic E-state index is 12.6. The van der Waals surface area contributed by atoms with E-state index in [0.717, 1.165) is 18.5 Å². The third kappa shape index (κ3) is 2.53. The van der Waals surface area contributed by atoms with Gasteiger partial charge in [-0.1, -0.05) is 24.3 Å². The monoisotopic (exact) mass is 276 g/mol. The van der Waals surface area contributed by atoms with Gasteiger partial charge < -0.3 is 4.90 Å². The molecular formula is C18H16N2O. The zero-order chi connectivity index (χ0) is 14.8. The van der Waals surface area contributed by atoms with Crippen molar-refractivity contribution in [3.05, 3.63) is 65.2 Å². The molecule has 0 radical (unpaired) electrons. The van der Waals surface area contributed by atoms with Gasteiger partial charge in [0.2, 0.25) is 5.91 Å². The highest BCUT2D eigenvalue weighted by Crippen LogP contribution is 2.28. The van der Waals surface area contributed by atoms with Crippen LogP contribution in [0.5, 0.6) is 0 Å². The fourth-order valence-electron chi connectivity index (χ4n) is 2.89. The summed E-state index contributed by atoms with van der Waals surface area (Å²) in [6.45, 7) is 0. The molecule has 2 aromatic rings. The van der Waals surface area contributed by atoms with Gasteiger partial charge in [0.15, 0.2) is 0 Å². The van der Waals surface area contributed by atoms with Crippen molar-refractivity contribution in [2.45, 2.75) is 12.8 Å². The Morgan fingerprint density at radius 3 is 2.19 bits per heavy atom. The summed E-state index contributed by atoms with van der Waals surface area (Å²) in [7, 11) is 1.80. The van der Waals surface area contributed by atoms with Crippen LogP contribution in [0, 0.1) is 17.2 Å². The SMILES string of the molecule is CN(C(=O)C1Cc2ccccc2C1)c1ccc(C#N)cc1. The molecule has 0 saturated heterocycles. The zero-order valence-corrected chi connectivity index (χ0v) is 11.9. The molecule has 1 aliphatic rings. The van der Waals surface area contributed by atoms with Gasteiger partial charge in [0.25, 0.3) is 0 Å². The number of nitrogens with zero attached hydrogens (tertiary/aromatic N) is 2. The average molecular weight is 276 g/mol. The molecule has 0 saturated carbocycles. The van der Waals surface area contributed by atoms with Gasteiger partial charge in [0.05, 0.1) is 11.6 Å². The lowest BCUT2D eigenvalue weighted by atomic mass is 10.0. The average Bonchev–Trinajstić information content (AvgIpc) is 2.97. The van der Waals surface area contributed by atoms with Crippen molar-refractivity contribution in [3.8, 4) is 6.07 Å². The van der Waals surface area contributed by atoms with E-state index in [0.29, 0.717) is 5.56 Å². The molecule has 104 valence electrons. The summed E-state index contributed by atoms with van der Waals surface area (Å²) < 4.78 is 0. The summed E-state index contributed by atoms with van der Waals surface area (Å²) in [4.78, 5) is 14.3. The van der Waals surface area contributed by atoms with E-state index in [2.05, 4.69) is 18.2 Å². The lowest BCUT2D eigenvalue weighted by Crippen LogP contribution is -2.33. The molecule has 3 heteroatoms. The summed E-state index contributed by atoms with van der Waals surface area (Å²) in [6, 6.07) is 17.4. The lowest BCUT2D eigenvalue weighted by Gasteiger charge is -2.21. The van der Waals surface area contributed by atoms with E-state index < -0.39 is 0 Å². The first-order valence-electron chi connectivity index (χ1n) is 7.03. The second-order valence-corrected chi connectivity index (χ2v) is 5.43. The van der Waals surface area contributed by atoms with Gasteiger partial charge in [-0.3, -0.25) is 4.79 Å². The van der Waals surface area contributed by atoms with Crippen LogP contribution in [0.4, 0.5) is 5.69 Å². The van der Waals surface area contributed by atoms with Gasteiger partial charge >= 0.3 is 0 Å². The predicted octanol–water partition coefficient (Wildman–Crippen LogP) is 2.94. The first-order valence-corrected chi connectivity index (χ1v) is 7.03. The fraction of sp³-hybridized carbons (Fsp3) is 0.222. The van der Waals surface area contributed by atoms with Crippen molar-refractivity contribution in [3.63, 3.8) is 0 Å². The quantitative estimate of drug-likeness (QED) is 0.846. The first kappa shape index (κ1) is 13.4. The molecule has 0 spiro atoms. The van der Waals surface area contributed by atoms with E-state index in [1.54, 1.807) is 24.1 Å². The van der Waals surface area contributed by atoms with Crippen LogP contribution in [-0.4, -0.2) is 13.0 Å². The van der Waals surface area contributed by atoms with Crippen LogP contribution in [-0.2, 0) is 17.6 Å². The van der Waals surface area contributed by atoms with Crippen LogP contribution in [0.2, 0.25) is 0 Å². The van der Waals surface area contributed by atoms with E-state index in [1.807, 2.05) is 24.3 Å². The number of rotatable bonds is 2. The van der Waals surface area contributed by atoms with Gasteiger partial charge in [0.1, 0.15) is 0 Å². The first-order chi connectivity index (χ1) is 10.2. The van der Waals surface area contributed by atoms with Gasteiger partial charge in [-0.2, -0.15) is 5.26 Å². The number of amides is 1. The highest BCUT2D eigenvalue weighted by atomic mass is 16.2. The molecule has 3 nitrogen and oxygen atoms in total. The summed E-state index contributed by atoms with van der Waals surface area (Å²) >= 11 is 0. The molecule has 0 N–H and O–H groups in total. The molecule has 21 heavy (non-hydrogen) atoms. The smallest absolute Gasteiger partial charge is 0.230 e. The Kier molecular flexibility index (Phi) is 3.45. The van der Waals surface area contributed by atoms with Crippen molar-refractivity contribution in [2.75, 3.05) is 11.9 Å². The highest BCUT2D eigenvalue weighted by molar-refractivity contribution is 5.95. The second kappa shape index (κ2) is 5.41. The summed E-state index contributed by atoms with van der Waals surface area (Å²) in [5.74, 6) is 0.152. The van der Waals surface area contributed by atoms with Crippen LogP contribution in [0.1, 0.15) is 16.7 Å². The van der Waals surface area contributed by atoms with E-state index in [1.165, 1.54) is 11.1 Å². The Balaban J connectivity index is 1.75. The van der Waals surface area contributed by atoms with Crippen molar-refractivity contribution in [2.24, 2.45) is 5.92 Å². The molecule has 0 atom stereocenters. The van der Waals surface area contributed by atoms with Gasteiger partial charge in [-0.25, -0.2) is 0 Å². The molecular weight excluding hydrogens is 260 g/mol. The Morgan fingerprint density at radius 2 is 1.67 bits per heavy atom. The number of nitriles is 1. The lowest BCUT2D eigenvalue weighted by molar-refractivity contribution is -0.121. The Labute approximate surface area is 124 Å². The predicted molar refractivity (Wildman–Crippen MR) is 81.9 cm³/mol. The Morgan fingerprint density at radius 1 is 1.10 bits per heavy atom. The molecule has 3 rings (SSSR count). The molecule has 0 unspecified atom stereocenters. The number of hydrogen-bond acceptors (Lipinski definition) is 2. The molecule has 2 aromatic carbocycles. The Hall–Kier alpha value is -2.60. The summed E-state index contributed by atoms with van der Waals surface area (Å²) in [6.07, 6.45) is 1.63. The summed E-state index contributed by atoms with van der Waals surface area (Å²) in [5.41, 5.74) is 4.00. The minimum Gasteiger partial charge on any atom is -0.315 e. The molecule has 0 aromatic heterocycles. The maximum absolute atomic E-state index is 12.6. The van der Waals surface area contributed by atoms with E-state index in [9.17, 15) is 4.79 Å². The van der Waals surface area contributed by atoms with Crippen LogP contribution in [0.15, 0.2) is 48.5 Å². The molecule has 0 aliphatic heterocycles. The molecule has 0 bridgehead atoms. The molecule has 0 fully saturated rings. The number of anilines is 1. The summed E-state index contributed by atoms with van der Waals surface area (Å²) in [5, 5.41) is 8.82. The Bertz CT molecular complexity index is 688. The molecule has 1 aliphatic carbocycles. The van der Waals surface area contributed by atoms with Crippen LogP contribution in [0.25, 0.3) is 0 Å². The largest absolute Gasteiger partial charge is 0.315 e. The van der Waals surface area contributed by atoms with Crippen LogP contribution < -0.4 is 4.90 Å². The van der Waals surface area contributed by atoms with Crippen molar-refractivity contribution < 1.29 is 4.79 Å². The topological polar surface area (TPSA) is 44.1 Å². The van der Waals surface area contributed by atoms with Gasteiger partial charge in [-0.15, -0.1) is 0 Å². The number of carbonyl (C=O) groups excluding carboxylic acids is 1.